The minimum Gasteiger partial charge on any atom is -0.356 e. The van der Waals surface area contributed by atoms with Crippen LogP contribution in [-0.2, 0) is 9.84 Å². The maximum atomic E-state index is 11.9. The maximum Gasteiger partial charge on any atom is 0.267 e. The van der Waals surface area contributed by atoms with Gasteiger partial charge in [0.1, 0.15) is 5.69 Å². The van der Waals surface area contributed by atoms with Crippen molar-refractivity contribution in [2.45, 2.75) is 24.5 Å². The van der Waals surface area contributed by atoms with Crippen LogP contribution in [-0.4, -0.2) is 36.4 Å². The number of hydrogen-bond donors (Lipinski definition) is 2. The number of carbonyl (C=O) groups is 1. The van der Waals surface area contributed by atoms with Gasteiger partial charge in [-0.05, 0) is 41.5 Å². The van der Waals surface area contributed by atoms with Crippen LogP contribution < -0.4 is 5.32 Å². The third-order valence-electron chi connectivity index (χ3n) is 3.31. The van der Waals surface area contributed by atoms with Gasteiger partial charge in [0, 0.05) is 22.1 Å². The molecule has 1 saturated carbocycles. The smallest absolute Gasteiger partial charge is 0.267 e. The predicted molar refractivity (Wildman–Crippen MR) is 77.3 cm³/mol. The van der Waals surface area contributed by atoms with E-state index in [1.54, 1.807) is 19.2 Å². The first-order valence-electron chi connectivity index (χ1n) is 5.75. The van der Waals surface area contributed by atoms with Gasteiger partial charge in [0.15, 0.2) is 9.84 Å². The van der Waals surface area contributed by atoms with Gasteiger partial charge in [-0.2, -0.15) is 0 Å². The number of halogens is 1. The Hall–Kier alpha value is -0.570. The molecule has 1 aromatic rings. The molecule has 1 aliphatic carbocycles. The molecule has 100 valence electrons. The summed E-state index contributed by atoms with van der Waals surface area (Å²) in [7, 11) is -3.09. The number of sulfone groups is 1. The molecule has 0 aromatic carbocycles. The molecule has 0 bridgehead atoms. The third-order valence-corrected chi connectivity index (χ3v) is 6.57. The van der Waals surface area contributed by atoms with Crippen LogP contribution >= 0.6 is 22.6 Å². The van der Waals surface area contributed by atoms with Crippen molar-refractivity contribution in [1.82, 2.24) is 10.3 Å². The molecular weight excluding hydrogens is 367 g/mol. The summed E-state index contributed by atoms with van der Waals surface area (Å²) in [5.41, 5.74) is 0.462. The number of H-pyrrole nitrogens is 1. The van der Waals surface area contributed by atoms with Gasteiger partial charge < -0.3 is 10.3 Å². The number of aromatic nitrogens is 1. The van der Waals surface area contributed by atoms with Crippen LogP contribution in [0.5, 0.6) is 0 Å². The van der Waals surface area contributed by atoms with Crippen molar-refractivity contribution in [3.63, 3.8) is 0 Å². The van der Waals surface area contributed by atoms with Crippen molar-refractivity contribution in [3.05, 3.63) is 21.5 Å². The first-order chi connectivity index (χ1) is 8.40. The Bertz CT molecular complexity index is 561. The Morgan fingerprint density at radius 2 is 2.22 bits per heavy atom. The zero-order valence-electron chi connectivity index (χ0n) is 9.99. The molecule has 0 radical (unpaired) electrons. The van der Waals surface area contributed by atoms with E-state index in [0.717, 1.165) is 3.57 Å². The Kier molecular flexibility index (Phi) is 3.72. The lowest BCUT2D eigenvalue weighted by molar-refractivity contribution is 0.0948. The van der Waals surface area contributed by atoms with Gasteiger partial charge in [-0.25, -0.2) is 8.42 Å². The van der Waals surface area contributed by atoms with E-state index in [9.17, 15) is 13.2 Å². The Morgan fingerprint density at radius 3 is 2.67 bits per heavy atom. The van der Waals surface area contributed by atoms with Gasteiger partial charge in [-0.15, -0.1) is 0 Å². The monoisotopic (exact) mass is 382 g/mol. The van der Waals surface area contributed by atoms with Crippen molar-refractivity contribution < 1.29 is 13.2 Å². The zero-order valence-corrected chi connectivity index (χ0v) is 13.0. The highest BCUT2D eigenvalue weighted by molar-refractivity contribution is 14.1. The molecule has 0 aliphatic heterocycles. The van der Waals surface area contributed by atoms with Gasteiger partial charge in [-0.1, -0.05) is 6.92 Å². The summed E-state index contributed by atoms with van der Waals surface area (Å²) in [6, 6.07) is 1.73. The van der Waals surface area contributed by atoms with Crippen LogP contribution in [0.2, 0.25) is 0 Å². The summed E-state index contributed by atoms with van der Waals surface area (Å²) in [4.78, 5) is 14.7. The minimum atomic E-state index is -3.09. The van der Waals surface area contributed by atoms with Crippen LogP contribution in [0.25, 0.3) is 0 Å². The van der Waals surface area contributed by atoms with E-state index < -0.39 is 14.6 Å². The maximum absolute atomic E-state index is 11.9. The van der Waals surface area contributed by atoms with Crippen molar-refractivity contribution in [2.75, 3.05) is 12.3 Å². The second kappa shape index (κ2) is 4.84. The topological polar surface area (TPSA) is 79.0 Å². The summed E-state index contributed by atoms with van der Waals surface area (Å²) in [5, 5.41) is 2.70. The van der Waals surface area contributed by atoms with Gasteiger partial charge in [-0.3, -0.25) is 4.79 Å². The van der Waals surface area contributed by atoms with E-state index in [1.165, 1.54) is 0 Å². The fourth-order valence-electron chi connectivity index (χ4n) is 1.88. The number of carbonyl (C=O) groups excluding carboxylic acids is 1. The molecule has 0 atom stereocenters. The number of amides is 1. The lowest BCUT2D eigenvalue weighted by Crippen LogP contribution is -2.39. The van der Waals surface area contributed by atoms with E-state index in [1.807, 2.05) is 0 Å². The molecule has 2 rings (SSSR count). The molecule has 1 heterocycles. The standard InChI is InChI=1S/C11H15IN2O3S/c1-2-18(16,17)11(3-4-11)7-14-10(15)9-5-8(12)6-13-9/h5-6,13H,2-4,7H2,1H3,(H,14,15). The summed E-state index contributed by atoms with van der Waals surface area (Å²) in [6.45, 7) is 1.85. The fourth-order valence-corrected chi connectivity index (χ4v) is 3.97. The largest absolute Gasteiger partial charge is 0.356 e. The van der Waals surface area contributed by atoms with Gasteiger partial charge in [0.2, 0.25) is 0 Å². The van der Waals surface area contributed by atoms with Gasteiger partial charge in [0.05, 0.1) is 4.75 Å². The fraction of sp³-hybridized carbons (Fsp3) is 0.545. The Morgan fingerprint density at radius 1 is 1.56 bits per heavy atom. The number of rotatable bonds is 5. The van der Waals surface area contributed by atoms with Crippen molar-refractivity contribution in [2.24, 2.45) is 0 Å². The van der Waals surface area contributed by atoms with Crippen LogP contribution in [0.4, 0.5) is 0 Å². The second-order valence-electron chi connectivity index (χ2n) is 4.50. The normalized spacial score (nSPS) is 17.4. The van der Waals surface area contributed by atoms with Crippen molar-refractivity contribution in [1.29, 1.82) is 0 Å². The molecule has 1 aliphatic rings. The first-order valence-corrected chi connectivity index (χ1v) is 8.48. The lowest BCUT2D eigenvalue weighted by Gasteiger charge is -2.15. The number of aromatic amines is 1. The molecule has 2 N–H and O–H groups in total. The van der Waals surface area contributed by atoms with E-state index in [0.29, 0.717) is 18.5 Å². The molecule has 0 spiro atoms. The van der Waals surface area contributed by atoms with Crippen molar-refractivity contribution in [3.8, 4) is 0 Å². The highest BCUT2D eigenvalue weighted by atomic mass is 127. The predicted octanol–water partition coefficient (Wildman–Crippen LogP) is 1.32. The highest BCUT2D eigenvalue weighted by Crippen LogP contribution is 2.43. The molecule has 1 fully saturated rings. The zero-order chi connectivity index (χ0) is 13.4. The summed E-state index contributed by atoms with van der Waals surface area (Å²) >= 11 is 2.10. The van der Waals surface area contributed by atoms with E-state index in [2.05, 4.69) is 32.9 Å². The lowest BCUT2D eigenvalue weighted by atomic mass is 10.3. The summed E-state index contributed by atoms with van der Waals surface area (Å²) in [5.74, 6) is -0.126. The van der Waals surface area contributed by atoms with Crippen molar-refractivity contribution >= 4 is 38.3 Å². The molecule has 0 saturated heterocycles. The molecule has 7 heteroatoms. The minimum absolute atomic E-state index is 0.128. The first kappa shape index (κ1) is 13.9. The Balaban J connectivity index is 1.99. The average molecular weight is 382 g/mol. The van der Waals surface area contributed by atoms with E-state index in [-0.39, 0.29) is 18.2 Å². The van der Waals surface area contributed by atoms with Crippen LogP contribution in [0.1, 0.15) is 30.3 Å². The highest BCUT2D eigenvalue weighted by Gasteiger charge is 2.53. The molecule has 0 unspecified atom stereocenters. The molecular formula is C11H15IN2O3S. The number of hydrogen-bond acceptors (Lipinski definition) is 3. The molecule has 18 heavy (non-hydrogen) atoms. The quantitative estimate of drug-likeness (QED) is 0.754. The Labute approximate surface area is 120 Å². The summed E-state index contributed by atoms with van der Waals surface area (Å²) in [6.07, 6.45) is 3.02. The molecule has 5 nitrogen and oxygen atoms in total. The molecule has 1 amide bonds. The molecule has 1 aromatic heterocycles. The van der Waals surface area contributed by atoms with E-state index >= 15 is 0 Å². The van der Waals surface area contributed by atoms with Crippen LogP contribution in [0, 0.1) is 3.57 Å². The van der Waals surface area contributed by atoms with E-state index in [4.69, 9.17) is 0 Å². The van der Waals surface area contributed by atoms with Crippen LogP contribution in [0.3, 0.4) is 0 Å². The third kappa shape index (κ3) is 2.56. The van der Waals surface area contributed by atoms with Gasteiger partial charge >= 0.3 is 0 Å². The summed E-state index contributed by atoms with van der Waals surface area (Å²) < 4.78 is 24.0. The number of nitrogens with one attached hydrogen (secondary N) is 2. The van der Waals surface area contributed by atoms with Gasteiger partial charge in [0.25, 0.3) is 5.91 Å². The SMILES string of the molecule is CCS(=O)(=O)C1(CNC(=O)c2cc(I)c[nH]2)CC1. The average Bonchev–Trinajstić information content (AvgIpc) is 3.03. The second-order valence-corrected chi connectivity index (χ2v) is 8.42. The van der Waals surface area contributed by atoms with Crippen LogP contribution in [0.15, 0.2) is 12.3 Å².